The average Bonchev–Trinajstić information content (AvgIpc) is 2.35. The molecular weight excluding hydrogens is 284 g/mol. The van der Waals surface area contributed by atoms with Gasteiger partial charge in [0.05, 0.1) is 12.7 Å². The van der Waals surface area contributed by atoms with Gasteiger partial charge in [-0.05, 0) is 6.92 Å². The quantitative estimate of drug-likeness (QED) is 0.550. The molecule has 1 N–H and O–H groups in total. The third kappa shape index (κ3) is 4.68. The highest BCUT2D eigenvalue weighted by Crippen LogP contribution is 2.28. The SMILES string of the molecule is CC(=O)O[C@@H]1[C@H](OC(C)=O)[C@H](C)O[C@H](CO)[C@H]1OC(C)=O. The molecule has 0 spiro atoms. The van der Waals surface area contributed by atoms with Crippen LogP contribution in [-0.2, 0) is 33.3 Å². The van der Waals surface area contributed by atoms with Gasteiger partial charge in [0.15, 0.2) is 18.3 Å². The lowest BCUT2D eigenvalue weighted by molar-refractivity contribution is -0.248. The van der Waals surface area contributed by atoms with Gasteiger partial charge in [0, 0.05) is 20.8 Å². The highest BCUT2D eigenvalue weighted by Gasteiger charge is 2.49. The molecule has 0 amide bonds. The second-order valence-electron chi connectivity index (χ2n) is 4.78. The first kappa shape index (κ1) is 17.4. The van der Waals surface area contributed by atoms with Crippen LogP contribution < -0.4 is 0 Å². The van der Waals surface area contributed by atoms with Crippen LogP contribution in [-0.4, -0.2) is 60.1 Å². The van der Waals surface area contributed by atoms with E-state index in [0.717, 1.165) is 0 Å². The fourth-order valence-corrected chi connectivity index (χ4v) is 2.26. The second kappa shape index (κ2) is 7.37. The average molecular weight is 304 g/mol. The molecule has 0 aromatic heterocycles. The van der Waals surface area contributed by atoms with Crippen molar-refractivity contribution in [2.45, 2.75) is 58.2 Å². The van der Waals surface area contributed by atoms with E-state index in [0.29, 0.717) is 0 Å². The Morgan fingerprint density at radius 1 is 0.905 bits per heavy atom. The highest BCUT2D eigenvalue weighted by molar-refractivity contribution is 5.68. The normalized spacial score (nSPS) is 32.1. The van der Waals surface area contributed by atoms with Gasteiger partial charge in [-0.25, -0.2) is 0 Å². The lowest BCUT2D eigenvalue weighted by Gasteiger charge is -2.43. The van der Waals surface area contributed by atoms with Gasteiger partial charge in [-0.15, -0.1) is 0 Å². The number of aliphatic hydroxyl groups excluding tert-OH is 1. The van der Waals surface area contributed by atoms with Crippen molar-refractivity contribution in [3.63, 3.8) is 0 Å². The lowest BCUT2D eigenvalue weighted by atomic mass is 9.95. The summed E-state index contributed by atoms with van der Waals surface area (Å²) in [5.41, 5.74) is 0. The summed E-state index contributed by atoms with van der Waals surface area (Å²) >= 11 is 0. The fourth-order valence-electron chi connectivity index (χ4n) is 2.26. The van der Waals surface area contributed by atoms with Crippen LogP contribution in [0.1, 0.15) is 27.7 Å². The molecule has 120 valence electrons. The number of carbonyl (C=O) groups excluding carboxylic acids is 3. The minimum absolute atomic E-state index is 0.438. The molecule has 1 fully saturated rings. The number of esters is 3. The molecule has 0 unspecified atom stereocenters. The zero-order valence-electron chi connectivity index (χ0n) is 12.4. The number of aliphatic hydroxyl groups is 1. The minimum atomic E-state index is -1.06. The van der Waals surface area contributed by atoms with Crippen LogP contribution in [0.15, 0.2) is 0 Å². The van der Waals surface area contributed by atoms with E-state index >= 15 is 0 Å². The van der Waals surface area contributed by atoms with E-state index in [2.05, 4.69) is 0 Å². The van der Waals surface area contributed by atoms with Crippen molar-refractivity contribution in [1.82, 2.24) is 0 Å². The molecule has 8 nitrogen and oxygen atoms in total. The fraction of sp³-hybridized carbons (Fsp3) is 0.769. The van der Waals surface area contributed by atoms with Gasteiger partial charge < -0.3 is 24.1 Å². The largest absolute Gasteiger partial charge is 0.456 e. The van der Waals surface area contributed by atoms with E-state index in [1.54, 1.807) is 6.92 Å². The third-order valence-corrected chi connectivity index (χ3v) is 2.95. The van der Waals surface area contributed by atoms with Crippen LogP contribution >= 0.6 is 0 Å². The molecule has 0 aromatic rings. The molecule has 8 heteroatoms. The maximum atomic E-state index is 11.3. The van der Waals surface area contributed by atoms with Crippen molar-refractivity contribution < 1.29 is 38.4 Å². The van der Waals surface area contributed by atoms with Crippen LogP contribution in [0.2, 0.25) is 0 Å². The summed E-state index contributed by atoms with van der Waals surface area (Å²) in [5.74, 6) is -1.84. The number of hydrogen-bond donors (Lipinski definition) is 1. The molecule has 21 heavy (non-hydrogen) atoms. The smallest absolute Gasteiger partial charge is 0.303 e. The van der Waals surface area contributed by atoms with E-state index in [9.17, 15) is 19.5 Å². The number of carbonyl (C=O) groups is 3. The van der Waals surface area contributed by atoms with Crippen molar-refractivity contribution in [2.24, 2.45) is 0 Å². The molecule has 1 aliphatic heterocycles. The second-order valence-corrected chi connectivity index (χ2v) is 4.78. The van der Waals surface area contributed by atoms with E-state index in [-0.39, 0.29) is 0 Å². The molecule has 0 saturated carbocycles. The van der Waals surface area contributed by atoms with Crippen molar-refractivity contribution in [1.29, 1.82) is 0 Å². The Bertz CT molecular complexity index is 407. The zero-order chi connectivity index (χ0) is 16.2. The third-order valence-electron chi connectivity index (χ3n) is 2.95. The molecule has 0 bridgehead atoms. The van der Waals surface area contributed by atoms with Crippen molar-refractivity contribution in [2.75, 3.05) is 6.61 Å². The van der Waals surface area contributed by atoms with Gasteiger partial charge in [0.2, 0.25) is 0 Å². The lowest BCUT2D eigenvalue weighted by Crippen LogP contribution is -2.61. The topological polar surface area (TPSA) is 108 Å². The number of hydrogen-bond acceptors (Lipinski definition) is 8. The van der Waals surface area contributed by atoms with Crippen molar-refractivity contribution in [3.05, 3.63) is 0 Å². The van der Waals surface area contributed by atoms with E-state index in [1.165, 1.54) is 20.8 Å². The summed E-state index contributed by atoms with van der Waals surface area (Å²) in [4.78, 5) is 33.7. The molecule has 0 aliphatic carbocycles. The molecule has 1 rings (SSSR count). The molecule has 1 saturated heterocycles. The van der Waals surface area contributed by atoms with Crippen molar-refractivity contribution in [3.8, 4) is 0 Å². The molecule has 0 aromatic carbocycles. The van der Waals surface area contributed by atoms with Crippen LogP contribution in [0.3, 0.4) is 0 Å². The van der Waals surface area contributed by atoms with Crippen LogP contribution in [0.4, 0.5) is 0 Å². The Morgan fingerprint density at radius 2 is 1.33 bits per heavy atom. The molecule has 1 aliphatic rings. The van der Waals surface area contributed by atoms with Gasteiger partial charge in [-0.1, -0.05) is 0 Å². The monoisotopic (exact) mass is 304 g/mol. The first-order valence-corrected chi connectivity index (χ1v) is 6.54. The Morgan fingerprint density at radius 3 is 1.76 bits per heavy atom. The molecule has 1 heterocycles. The summed E-state index contributed by atoms with van der Waals surface area (Å²) in [5, 5.41) is 9.35. The number of ether oxygens (including phenoxy) is 4. The van der Waals surface area contributed by atoms with Gasteiger partial charge in [0.1, 0.15) is 6.10 Å². The Balaban J connectivity index is 3.08. The Kier molecular flexibility index (Phi) is 6.10. The first-order chi connectivity index (χ1) is 9.76. The highest BCUT2D eigenvalue weighted by atomic mass is 16.6. The van der Waals surface area contributed by atoms with Gasteiger partial charge in [-0.2, -0.15) is 0 Å². The van der Waals surface area contributed by atoms with Crippen LogP contribution in [0.5, 0.6) is 0 Å². The van der Waals surface area contributed by atoms with Gasteiger partial charge in [0.25, 0.3) is 0 Å². The van der Waals surface area contributed by atoms with Gasteiger partial charge in [-0.3, -0.25) is 14.4 Å². The Labute approximate surface area is 122 Å². The standard InChI is InChI=1S/C13H20O8/c1-6-11(19-7(2)15)13(21-9(4)17)12(20-8(3)16)10(5-14)18-6/h6,10-14H,5H2,1-4H3/t6-,10+,11+,12+,13+/m0/s1. The van der Waals surface area contributed by atoms with E-state index in [1.807, 2.05) is 0 Å². The van der Waals surface area contributed by atoms with Gasteiger partial charge >= 0.3 is 17.9 Å². The summed E-state index contributed by atoms with van der Waals surface area (Å²) in [7, 11) is 0. The predicted octanol–water partition coefficient (Wildman–Crippen LogP) is -0.439. The summed E-state index contributed by atoms with van der Waals surface area (Å²) < 4.78 is 20.8. The molecule has 5 atom stereocenters. The zero-order valence-corrected chi connectivity index (χ0v) is 12.4. The molecule has 0 radical (unpaired) electrons. The molecular formula is C13H20O8. The predicted molar refractivity (Wildman–Crippen MR) is 68.1 cm³/mol. The van der Waals surface area contributed by atoms with Crippen molar-refractivity contribution >= 4 is 17.9 Å². The van der Waals surface area contributed by atoms with Crippen LogP contribution in [0, 0.1) is 0 Å². The summed E-state index contributed by atoms with van der Waals surface area (Å²) in [6, 6.07) is 0. The van der Waals surface area contributed by atoms with Crippen LogP contribution in [0.25, 0.3) is 0 Å². The maximum Gasteiger partial charge on any atom is 0.303 e. The minimum Gasteiger partial charge on any atom is -0.456 e. The first-order valence-electron chi connectivity index (χ1n) is 6.54. The maximum absolute atomic E-state index is 11.3. The van der Waals surface area contributed by atoms with E-state index in [4.69, 9.17) is 18.9 Å². The van der Waals surface area contributed by atoms with E-state index < -0.39 is 55.0 Å². The summed E-state index contributed by atoms with van der Waals surface area (Å²) in [6.07, 6.45) is -4.55. The number of rotatable bonds is 4. The Hall–Kier alpha value is -1.67. The summed E-state index contributed by atoms with van der Waals surface area (Å²) in [6.45, 7) is 4.74.